The average molecular weight is 1710 g/mol. The molecule has 0 saturated heterocycles. The summed E-state index contributed by atoms with van der Waals surface area (Å²) in [5.41, 5.74) is 46.6. The molecule has 17 atom stereocenters. The molecule has 14 amide bonds. The van der Waals surface area contributed by atoms with E-state index in [0.717, 1.165) is 6.92 Å². The molecule has 668 valence electrons. The molecule has 45 heteroatoms. The molecule has 1 aromatic rings. The number of aliphatic hydroxyl groups is 1. The predicted molar refractivity (Wildman–Crippen MR) is 446 cm³/mol. The number of aromatic hydroxyl groups is 1. The number of carboxylic acid groups (broad SMARTS) is 1. The number of aliphatic carboxylic acids is 1. The summed E-state index contributed by atoms with van der Waals surface area (Å²) < 4.78 is -1.53. The van der Waals surface area contributed by atoms with Crippen molar-refractivity contribution in [2.75, 3.05) is 45.0 Å². The fraction of sp³-hybridized carbons (Fsp3) is 0.685. The van der Waals surface area contributed by atoms with E-state index in [1.54, 1.807) is 20.8 Å². The normalized spacial score (nSPS) is 15.6. The number of rotatable bonds is 59. The molecule has 1 aromatic carbocycles. The van der Waals surface area contributed by atoms with Crippen LogP contribution in [0.5, 0.6) is 5.75 Å². The minimum Gasteiger partial charge on any atom is -0.508 e. The molecule has 118 heavy (non-hydrogen) atoms. The van der Waals surface area contributed by atoms with E-state index in [1.807, 2.05) is 13.8 Å². The highest BCUT2D eigenvalue weighted by atomic mass is 32.1. The highest BCUT2D eigenvalue weighted by Crippen LogP contribution is 2.21. The average Bonchev–Trinajstić information content (AvgIpc) is 0.831. The Bertz CT molecular complexity index is 3470. The second-order valence-electron chi connectivity index (χ2n) is 29.4. The molecular weight excluding hydrogens is 1580 g/mol. The standard InChI is InChI=1S/C73H131N25O18S2/c1-9-12-17-48(70(115)116)92-58(103)44(20-16-33-85-72(82)83)87-60(105)45(25-29-75)90-65(110)51(36-117)95-59(104)42(18-13-14-28-74)86-61(106)46(26-30-76)91-68(113)55(39(6)99)97-62(107)47(27-31-77)89-57(102)43(19-15-32-84-71(80)81)88-63(108)50(35-52(78)101)94-69(114)56(73(7,8)118)98-64(109)49(34-40-21-23-41(100)24-22-40)93-67(112)54(38(5)11-3)96-66(111)53(79)37(4)10-2/h21-24,37-39,42-51,53-56,99-100,117-118H,9-20,25-36,74-77,79H2,1-8H3,(H2,78,101)(H,86,106)(H,87,105)(H,88,108)(H,89,102)(H,90,110)(H,91,113)(H,92,103)(H,93,112)(H,94,114)(H,95,104)(H,96,111)(H,97,107)(H,98,109)(H,115,116)(H4,80,81,84)(H4,82,83,85)/t37-,38-,39+,42-,43-,44-,45-,46+,47-,48-,49-,50-,51-,53-,54-,55-,56+/m0/s1. The monoisotopic (exact) mass is 1710 g/mol. The van der Waals surface area contributed by atoms with Gasteiger partial charge in [-0.3, -0.25) is 77.9 Å². The minimum absolute atomic E-state index is 0.0401. The third kappa shape index (κ3) is 39.5. The lowest BCUT2D eigenvalue weighted by Crippen LogP contribution is -2.64. The van der Waals surface area contributed by atoms with Crippen LogP contribution in [0.25, 0.3) is 0 Å². The number of primary amides is 1. The zero-order valence-electron chi connectivity index (χ0n) is 68.6. The van der Waals surface area contributed by atoms with E-state index in [4.69, 9.17) is 56.7 Å². The maximum atomic E-state index is 14.6. The van der Waals surface area contributed by atoms with Gasteiger partial charge in [0.05, 0.1) is 18.6 Å². The molecule has 0 saturated carbocycles. The van der Waals surface area contributed by atoms with E-state index in [-0.39, 0.29) is 128 Å². The van der Waals surface area contributed by atoms with E-state index in [9.17, 15) is 87.2 Å². The maximum absolute atomic E-state index is 14.6. The van der Waals surface area contributed by atoms with Crippen molar-refractivity contribution < 1.29 is 87.2 Å². The van der Waals surface area contributed by atoms with E-state index in [2.05, 4.69) is 105 Å². The van der Waals surface area contributed by atoms with Crippen LogP contribution in [0.2, 0.25) is 0 Å². The first-order chi connectivity index (χ1) is 55.5. The summed E-state index contributed by atoms with van der Waals surface area (Å²) >= 11 is 8.87. The van der Waals surface area contributed by atoms with E-state index in [0.29, 0.717) is 37.7 Å². The van der Waals surface area contributed by atoms with Gasteiger partial charge in [-0.25, -0.2) is 4.79 Å². The number of nitrogens with one attached hydrogen (secondary N) is 17. The summed E-state index contributed by atoms with van der Waals surface area (Å²) in [7, 11) is 0. The molecule has 0 heterocycles. The van der Waals surface area contributed by atoms with Gasteiger partial charge in [0, 0.05) is 30.0 Å². The number of phenolic OH excluding ortho intramolecular Hbond substituents is 1. The first-order valence-electron chi connectivity index (χ1n) is 39.5. The number of guanidine groups is 2. The van der Waals surface area contributed by atoms with Gasteiger partial charge in [0.2, 0.25) is 82.7 Å². The van der Waals surface area contributed by atoms with E-state index >= 15 is 0 Å². The van der Waals surface area contributed by atoms with E-state index < -0.39 is 208 Å². The van der Waals surface area contributed by atoms with Crippen molar-refractivity contribution in [3.63, 3.8) is 0 Å². The third-order valence-electron chi connectivity index (χ3n) is 19.1. The van der Waals surface area contributed by atoms with Crippen LogP contribution < -0.4 is 126 Å². The van der Waals surface area contributed by atoms with Crippen LogP contribution in [-0.2, 0) is 78.3 Å². The molecular formula is C73H131N25O18S2. The topological polar surface area (TPSA) is 753 Å². The lowest BCUT2D eigenvalue weighted by Gasteiger charge is -2.33. The van der Waals surface area contributed by atoms with Crippen LogP contribution in [-0.4, -0.2) is 256 Å². The van der Waals surface area contributed by atoms with Crippen molar-refractivity contribution in [1.29, 1.82) is 10.8 Å². The molecule has 43 nitrogen and oxygen atoms in total. The molecule has 0 aromatic heterocycles. The Morgan fingerprint density at radius 3 is 1.18 bits per heavy atom. The van der Waals surface area contributed by atoms with Gasteiger partial charge in [0.15, 0.2) is 11.9 Å². The summed E-state index contributed by atoms with van der Waals surface area (Å²) in [5, 5.41) is 83.7. The van der Waals surface area contributed by atoms with Gasteiger partial charge in [-0.15, -0.1) is 0 Å². The molecule has 0 bridgehead atoms. The molecule has 0 aliphatic heterocycles. The van der Waals surface area contributed by atoms with Crippen molar-refractivity contribution in [1.82, 2.24) is 79.8 Å². The Morgan fingerprint density at radius 2 is 0.788 bits per heavy atom. The number of carbonyl (C=O) groups is 15. The van der Waals surface area contributed by atoms with Crippen LogP contribution in [0.4, 0.5) is 0 Å². The van der Waals surface area contributed by atoms with Crippen LogP contribution in [0, 0.1) is 22.7 Å². The zero-order valence-corrected chi connectivity index (χ0v) is 70.4. The van der Waals surface area contributed by atoms with Crippen molar-refractivity contribution in [2.24, 2.45) is 57.7 Å². The molecule has 0 spiro atoms. The van der Waals surface area contributed by atoms with Gasteiger partial charge in [-0.2, -0.15) is 25.3 Å². The van der Waals surface area contributed by atoms with Crippen LogP contribution in [0.1, 0.15) is 164 Å². The Hall–Kier alpha value is -9.93. The summed E-state index contributed by atoms with van der Waals surface area (Å²) in [5.74, 6) is -17.4. The second-order valence-corrected chi connectivity index (χ2v) is 30.9. The number of carboxylic acids is 1. The van der Waals surface area contributed by atoms with Gasteiger partial charge in [-0.05, 0) is 147 Å². The quantitative estimate of drug-likeness (QED) is 0.0125. The van der Waals surface area contributed by atoms with Crippen molar-refractivity contribution in [3.05, 3.63) is 29.8 Å². The summed E-state index contributed by atoms with van der Waals surface area (Å²) in [4.78, 5) is 209. The lowest BCUT2D eigenvalue weighted by atomic mass is 9.94. The Kier molecular flexibility index (Phi) is 50.1. The maximum Gasteiger partial charge on any atom is 0.326 e. The molecule has 1 rings (SSSR count). The summed E-state index contributed by atoms with van der Waals surface area (Å²) in [6, 6.07) is -15.7. The number of carbonyl (C=O) groups excluding carboxylic acids is 14. The van der Waals surface area contributed by atoms with Gasteiger partial charge in [0.1, 0.15) is 84.3 Å². The largest absolute Gasteiger partial charge is 0.508 e. The fourth-order valence-corrected chi connectivity index (χ4v) is 12.1. The lowest BCUT2D eigenvalue weighted by molar-refractivity contribution is -0.142. The summed E-state index contributed by atoms with van der Waals surface area (Å²) in [6.45, 7) is 12.3. The molecule has 0 fully saturated rings. The minimum atomic E-state index is -1.93. The molecule has 0 unspecified atom stereocenters. The number of nitrogens with two attached hydrogens (primary N) is 8. The third-order valence-corrected chi connectivity index (χ3v) is 19.7. The fourth-order valence-electron chi connectivity index (χ4n) is 11.6. The summed E-state index contributed by atoms with van der Waals surface area (Å²) in [6.07, 6.45) is -1.55. The van der Waals surface area contributed by atoms with E-state index in [1.165, 1.54) is 38.1 Å². The second kappa shape index (κ2) is 55.7. The van der Waals surface area contributed by atoms with Crippen molar-refractivity contribution >= 4 is 126 Å². The Labute approximate surface area is 698 Å². The van der Waals surface area contributed by atoms with Crippen molar-refractivity contribution in [2.45, 2.75) is 260 Å². The highest BCUT2D eigenvalue weighted by Gasteiger charge is 2.42. The van der Waals surface area contributed by atoms with Crippen LogP contribution in [0.15, 0.2) is 24.3 Å². The molecule has 0 aliphatic rings. The van der Waals surface area contributed by atoms with Gasteiger partial charge in [-0.1, -0.05) is 72.4 Å². The Balaban J connectivity index is 3.67. The van der Waals surface area contributed by atoms with Gasteiger partial charge >= 0.3 is 5.97 Å². The van der Waals surface area contributed by atoms with Crippen molar-refractivity contribution in [3.8, 4) is 5.75 Å². The molecule has 0 aliphatic carbocycles. The number of benzene rings is 1. The number of unbranched alkanes of at least 4 members (excludes halogenated alkanes) is 2. The molecule has 36 N–H and O–H groups in total. The first-order valence-corrected chi connectivity index (χ1v) is 40.5. The number of thiol groups is 2. The van der Waals surface area contributed by atoms with Crippen LogP contribution >= 0.6 is 25.3 Å². The number of hydrogen-bond donors (Lipinski definition) is 30. The SMILES string of the molecule is CCCC[C@H](NC(=O)[C@H](CCCNC(=N)N)NC(=O)[C@H](CCN)NC(=O)[C@H](CS)NC(=O)[C@H](CCCCN)NC(=O)[C@@H](CCN)NC(=O)[C@@H](NC(=O)[C@H](CCN)NC(=O)[C@H](CCCNC(=N)N)NC(=O)[C@H](CC(N)=O)NC(=O)[C@@H](NC(=O)[C@H](Cc1ccc(O)cc1)NC(=O)[C@@H](NC(=O)[C@@H](N)[C@@H](C)CC)[C@@H](C)CC)C(C)(C)S)[C@@H](C)O)C(=O)O. The predicted octanol–water partition coefficient (Wildman–Crippen LogP) is -7.47. The number of amides is 14. The highest BCUT2D eigenvalue weighted by molar-refractivity contribution is 7.81. The smallest absolute Gasteiger partial charge is 0.326 e. The van der Waals surface area contributed by atoms with Crippen LogP contribution in [0.3, 0.4) is 0 Å². The number of hydrogen-bond acceptors (Lipinski definition) is 26. The number of phenols is 1. The van der Waals surface area contributed by atoms with Gasteiger partial charge < -0.3 is 141 Å². The Morgan fingerprint density at radius 1 is 0.432 bits per heavy atom. The molecule has 0 radical (unpaired) electrons. The zero-order chi connectivity index (χ0) is 89.7. The number of aliphatic hydroxyl groups excluding tert-OH is 1. The van der Waals surface area contributed by atoms with Gasteiger partial charge in [0.25, 0.3) is 0 Å². The first kappa shape index (κ1) is 106.